The monoisotopic (exact) mass is 178 g/mol. The van der Waals surface area contributed by atoms with Crippen molar-refractivity contribution in [3.05, 3.63) is 41.5 Å². The molecule has 0 radical (unpaired) electrons. The first kappa shape index (κ1) is 14.5. The Labute approximate surface area is 83.3 Å². The van der Waals surface area contributed by atoms with E-state index in [4.69, 9.17) is 0 Å². The zero-order valence-corrected chi connectivity index (χ0v) is 7.44. The molecule has 0 bridgehead atoms. The zero-order chi connectivity index (χ0) is 8.43. The van der Waals surface area contributed by atoms with Crippen molar-refractivity contribution in [2.75, 3.05) is 0 Å². The molecule has 74 valence electrons. The van der Waals surface area contributed by atoms with Crippen molar-refractivity contribution in [1.82, 2.24) is 0 Å². The standard InChI is InChI=1S/C11H14.2CH4/c1-8(2)11-7-9(3)5-6-10(11)4;;/h5-7H,1H2,2-4H3;2*1H4. The number of hydrogen-bond donors (Lipinski definition) is 0. The van der Waals surface area contributed by atoms with Gasteiger partial charge in [0.15, 0.2) is 0 Å². The molecule has 0 atom stereocenters. The first-order chi connectivity index (χ1) is 5.11. The molecular formula is C13H22. The number of allylic oxidation sites excluding steroid dienone is 1. The smallest absolute Gasteiger partial charge is 0.0201 e. The second-order valence-electron chi connectivity index (χ2n) is 3.10. The van der Waals surface area contributed by atoms with Gasteiger partial charge in [0, 0.05) is 0 Å². The molecule has 0 fully saturated rings. The van der Waals surface area contributed by atoms with Gasteiger partial charge in [-0.05, 0) is 31.9 Å². The summed E-state index contributed by atoms with van der Waals surface area (Å²) in [6.45, 7) is 10.2. The van der Waals surface area contributed by atoms with Gasteiger partial charge in [0.05, 0.1) is 0 Å². The summed E-state index contributed by atoms with van der Waals surface area (Å²) in [4.78, 5) is 0. The minimum atomic E-state index is 0. The Hall–Kier alpha value is -1.04. The quantitative estimate of drug-likeness (QED) is 0.589. The lowest BCUT2D eigenvalue weighted by Gasteiger charge is -2.05. The fourth-order valence-corrected chi connectivity index (χ4v) is 1.20. The maximum atomic E-state index is 3.93. The fraction of sp³-hybridized carbons (Fsp3) is 0.385. The molecule has 0 amide bonds. The largest absolute Gasteiger partial charge is 0.0955 e. The number of hydrogen-bond acceptors (Lipinski definition) is 0. The highest BCUT2D eigenvalue weighted by atomic mass is 14.0. The van der Waals surface area contributed by atoms with Crippen LogP contribution in [-0.4, -0.2) is 0 Å². The summed E-state index contributed by atoms with van der Waals surface area (Å²) in [6.07, 6.45) is 0. The second kappa shape index (κ2) is 5.58. The van der Waals surface area contributed by atoms with Crippen molar-refractivity contribution >= 4 is 5.57 Å². The molecule has 0 saturated carbocycles. The highest BCUT2D eigenvalue weighted by Crippen LogP contribution is 2.17. The van der Waals surface area contributed by atoms with Crippen molar-refractivity contribution in [3.8, 4) is 0 Å². The third-order valence-corrected chi connectivity index (χ3v) is 1.85. The van der Waals surface area contributed by atoms with Crippen LogP contribution in [0.4, 0.5) is 0 Å². The number of rotatable bonds is 1. The molecule has 0 heterocycles. The van der Waals surface area contributed by atoms with Crippen LogP contribution >= 0.6 is 0 Å². The molecule has 0 N–H and O–H groups in total. The van der Waals surface area contributed by atoms with Gasteiger partial charge in [0.25, 0.3) is 0 Å². The summed E-state index contributed by atoms with van der Waals surface area (Å²) in [5, 5.41) is 0. The van der Waals surface area contributed by atoms with E-state index in [1.807, 2.05) is 6.92 Å². The van der Waals surface area contributed by atoms with Crippen LogP contribution in [0.2, 0.25) is 0 Å². The van der Waals surface area contributed by atoms with Gasteiger partial charge in [-0.3, -0.25) is 0 Å². The fourth-order valence-electron chi connectivity index (χ4n) is 1.20. The highest BCUT2D eigenvalue weighted by molar-refractivity contribution is 5.64. The van der Waals surface area contributed by atoms with Crippen molar-refractivity contribution < 1.29 is 0 Å². The van der Waals surface area contributed by atoms with Crippen LogP contribution in [0.3, 0.4) is 0 Å². The molecular weight excluding hydrogens is 156 g/mol. The van der Waals surface area contributed by atoms with Gasteiger partial charge in [-0.1, -0.05) is 50.8 Å². The van der Waals surface area contributed by atoms with E-state index < -0.39 is 0 Å². The number of aryl methyl sites for hydroxylation is 2. The Bertz CT molecular complexity index is 282. The first-order valence-electron chi connectivity index (χ1n) is 3.84. The molecule has 0 spiro atoms. The minimum absolute atomic E-state index is 0. The van der Waals surface area contributed by atoms with Gasteiger partial charge in [-0.15, -0.1) is 0 Å². The van der Waals surface area contributed by atoms with Crippen LogP contribution in [0.5, 0.6) is 0 Å². The van der Waals surface area contributed by atoms with Gasteiger partial charge in [0.1, 0.15) is 0 Å². The summed E-state index contributed by atoms with van der Waals surface area (Å²) in [7, 11) is 0. The Morgan fingerprint density at radius 2 is 1.69 bits per heavy atom. The van der Waals surface area contributed by atoms with E-state index in [9.17, 15) is 0 Å². The molecule has 0 nitrogen and oxygen atoms in total. The van der Waals surface area contributed by atoms with E-state index in [1.165, 1.54) is 16.7 Å². The SMILES string of the molecule is C.C.C=C(C)c1cc(C)ccc1C. The van der Waals surface area contributed by atoms with Crippen LogP contribution in [0.25, 0.3) is 5.57 Å². The average molecular weight is 178 g/mol. The molecule has 13 heavy (non-hydrogen) atoms. The molecule has 1 rings (SSSR count). The predicted molar refractivity (Wildman–Crippen MR) is 64.1 cm³/mol. The maximum Gasteiger partial charge on any atom is -0.0201 e. The summed E-state index contributed by atoms with van der Waals surface area (Å²) >= 11 is 0. The van der Waals surface area contributed by atoms with E-state index in [-0.39, 0.29) is 14.9 Å². The normalized spacial score (nSPS) is 8.23. The summed E-state index contributed by atoms with van der Waals surface area (Å²) in [6, 6.07) is 6.44. The highest BCUT2D eigenvalue weighted by Gasteiger charge is 1.97. The summed E-state index contributed by atoms with van der Waals surface area (Å²) < 4.78 is 0. The molecule has 0 aliphatic carbocycles. The Morgan fingerprint density at radius 1 is 1.15 bits per heavy atom. The molecule has 0 aliphatic rings. The topological polar surface area (TPSA) is 0 Å². The van der Waals surface area contributed by atoms with E-state index in [1.54, 1.807) is 0 Å². The van der Waals surface area contributed by atoms with Gasteiger partial charge in [0.2, 0.25) is 0 Å². The van der Waals surface area contributed by atoms with Gasteiger partial charge >= 0.3 is 0 Å². The van der Waals surface area contributed by atoms with E-state index >= 15 is 0 Å². The van der Waals surface area contributed by atoms with Crippen LogP contribution in [0.1, 0.15) is 38.5 Å². The van der Waals surface area contributed by atoms with Crippen molar-refractivity contribution in [3.63, 3.8) is 0 Å². The lowest BCUT2D eigenvalue weighted by Crippen LogP contribution is -1.85. The summed E-state index contributed by atoms with van der Waals surface area (Å²) in [5.74, 6) is 0. The van der Waals surface area contributed by atoms with E-state index in [0.717, 1.165) is 5.57 Å². The van der Waals surface area contributed by atoms with Crippen molar-refractivity contribution in [1.29, 1.82) is 0 Å². The summed E-state index contributed by atoms with van der Waals surface area (Å²) in [5.41, 5.74) is 5.04. The maximum absolute atomic E-state index is 3.93. The minimum Gasteiger partial charge on any atom is -0.0955 e. The molecule has 1 aromatic rings. The molecule has 0 aliphatic heterocycles. The van der Waals surface area contributed by atoms with Crippen molar-refractivity contribution in [2.45, 2.75) is 35.6 Å². The van der Waals surface area contributed by atoms with Gasteiger partial charge in [-0.2, -0.15) is 0 Å². The van der Waals surface area contributed by atoms with Crippen LogP contribution in [0.15, 0.2) is 24.8 Å². The molecule has 0 heteroatoms. The molecule has 0 aromatic heterocycles. The second-order valence-corrected chi connectivity index (χ2v) is 3.10. The van der Waals surface area contributed by atoms with Crippen LogP contribution in [-0.2, 0) is 0 Å². The van der Waals surface area contributed by atoms with E-state index in [2.05, 4.69) is 38.6 Å². The first-order valence-corrected chi connectivity index (χ1v) is 3.84. The number of benzene rings is 1. The van der Waals surface area contributed by atoms with Crippen LogP contribution < -0.4 is 0 Å². The third-order valence-electron chi connectivity index (χ3n) is 1.85. The van der Waals surface area contributed by atoms with Crippen molar-refractivity contribution in [2.24, 2.45) is 0 Å². The Morgan fingerprint density at radius 3 is 2.08 bits per heavy atom. The van der Waals surface area contributed by atoms with Gasteiger partial charge < -0.3 is 0 Å². The Kier molecular flexibility index (Phi) is 6.22. The predicted octanol–water partition coefficient (Wildman–Crippen LogP) is 4.61. The lowest BCUT2D eigenvalue weighted by atomic mass is 10.0. The third kappa shape index (κ3) is 3.45. The molecule has 0 saturated heterocycles. The Balaban J connectivity index is 0. The molecule has 1 aromatic carbocycles. The van der Waals surface area contributed by atoms with Crippen LogP contribution in [0, 0.1) is 13.8 Å². The average Bonchev–Trinajstić information content (AvgIpc) is 1.94. The zero-order valence-electron chi connectivity index (χ0n) is 7.44. The van der Waals surface area contributed by atoms with Gasteiger partial charge in [-0.25, -0.2) is 0 Å². The van der Waals surface area contributed by atoms with E-state index in [0.29, 0.717) is 0 Å². The lowest BCUT2D eigenvalue weighted by molar-refractivity contribution is 1.36. The molecule has 0 unspecified atom stereocenters.